The Bertz CT molecular complexity index is 5480. The summed E-state index contributed by atoms with van der Waals surface area (Å²) in [6, 6.07) is 98.1. The SMILES string of the molecule is CC(C)(C)c1cc(-c2cc(-c3cc(C(C)(C)C)cc(C(C)(C)C)c3)cc(-c3cc4ccccc4c4c3C[N+]3(Cc5ccc6ccccc6c5-c5c(ccc6ccccc56)C3)Cc3c(-c5cc(-c6cc(C(C)(C)C)cc(C(C)(C)C)c6)cc(-c6cc(C(C)(C)C)cc(C(C)(C)C)c6)c5)cc5ccccc5c3-4)c2)cc(C(C)(C)C)c1. The minimum absolute atomic E-state index is 0.0896. The third-order valence-corrected chi connectivity index (χ3v) is 25.3. The van der Waals surface area contributed by atoms with E-state index in [1.54, 1.807) is 0 Å². The number of quaternary nitrogens is 1. The number of fused-ring (bicyclic) bond motifs is 14. The molecule has 0 N–H and O–H groups in total. The Morgan fingerprint density at radius 2 is 0.398 bits per heavy atom. The molecule has 2 aliphatic rings. The Labute approximate surface area is 677 Å². The fraction of sp³-hybridized carbons (Fsp3) is 0.321. The van der Waals surface area contributed by atoms with Crippen molar-refractivity contribution in [1.82, 2.24) is 0 Å². The molecule has 2 heterocycles. The summed E-state index contributed by atoms with van der Waals surface area (Å²) < 4.78 is 0.753. The highest BCUT2D eigenvalue weighted by Crippen LogP contribution is 2.55. The third-order valence-electron chi connectivity index (χ3n) is 25.3. The largest absolute Gasteiger partial charge is 0.309 e. The predicted octanol–water partition coefficient (Wildman–Crippen LogP) is 31.6. The zero-order valence-corrected chi connectivity index (χ0v) is 72.4. The van der Waals surface area contributed by atoms with Crippen molar-refractivity contribution in [2.45, 2.75) is 236 Å². The van der Waals surface area contributed by atoms with E-state index < -0.39 is 0 Å². The molecule has 0 aromatic heterocycles. The Morgan fingerprint density at radius 1 is 0.186 bits per heavy atom. The van der Waals surface area contributed by atoms with Crippen molar-refractivity contribution in [3.8, 4) is 89.0 Å². The minimum atomic E-state index is -0.0896. The van der Waals surface area contributed by atoms with Crippen LogP contribution in [0.15, 0.2) is 243 Å². The van der Waals surface area contributed by atoms with Gasteiger partial charge in [0.1, 0.15) is 26.2 Å². The fourth-order valence-corrected chi connectivity index (χ4v) is 18.3. The molecule has 0 bridgehead atoms. The van der Waals surface area contributed by atoms with Crippen molar-refractivity contribution in [2.24, 2.45) is 0 Å². The van der Waals surface area contributed by atoms with Gasteiger partial charge in [-0.1, -0.05) is 360 Å². The predicted molar refractivity (Wildman–Crippen MR) is 491 cm³/mol. The van der Waals surface area contributed by atoms with Gasteiger partial charge in [-0.05, 0) is 257 Å². The van der Waals surface area contributed by atoms with E-state index in [-0.39, 0.29) is 43.3 Å². The summed E-state index contributed by atoms with van der Waals surface area (Å²) in [4.78, 5) is 0. The van der Waals surface area contributed by atoms with Crippen LogP contribution < -0.4 is 0 Å². The van der Waals surface area contributed by atoms with E-state index in [1.807, 2.05) is 0 Å². The van der Waals surface area contributed by atoms with E-state index in [1.165, 1.54) is 199 Å². The number of nitrogens with zero attached hydrogens (tertiary/aromatic N) is 1. The smallest absolute Gasteiger partial charge is 0.106 e. The number of rotatable bonds is 6. The Balaban J connectivity index is 1.08. The molecule has 16 rings (SSSR count). The lowest BCUT2D eigenvalue weighted by atomic mass is 9.77. The van der Waals surface area contributed by atoms with Crippen LogP contribution in [0.25, 0.3) is 132 Å². The van der Waals surface area contributed by atoms with E-state index in [9.17, 15) is 0 Å². The van der Waals surface area contributed by atoms with E-state index in [0.717, 1.165) is 30.7 Å². The molecule has 14 aromatic rings. The Morgan fingerprint density at radius 3 is 0.646 bits per heavy atom. The highest BCUT2D eigenvalue weighted by molar-refractivity contribution is 6.13. The molecule has 113 heavy (non-hydrogen) atoms. The van der Waals surface area contributed by atoms with Crippen LogP contribution in [0.1, 0.15) is 233 Å². The second-order valence-electron chi connectivity index (χ2n) is 42.4. The topological polar surface area (TPSA) is 0 Å². The number of hydrogen-bond donors (Lipinski definition) is 0. The molecule has 0 saturated carbocycles. The highest BCUT2D eigenvalue weighted by atomic mass is 15.4. The van der Waals surface area contributed by atoms with Gasteiger partial charge in [0.2, 0.25) is 0 Å². The maximum absolute atomic E-state index is 2.62. The molecule has 572 valence electrons. The second-order valence-corrected chi connectivity index (χ2v) is 42.4. The highest BCUT2D eigenvalue weighted by Gasteiger charge is 2.43. The molecule has 1 spiro atoms. The zero-order valence-electron chi connectivity index (χ0n) is 72.4. The van der Waals surface area contributed by atoms with Crippen molar-refractivity contribution in [3.63, 3.8) is 0 Å². The molecule has 0 amide bonds. The monoisotopic (exact) mass is 1480 g/mol. The first kappa shape index (κ1) is 77.0. The standard InChI is InChI=1S/C112H120N/c1-105(2,3)85-51-79(52-86(61-85)106(4,5)6)75-45-76(80-53-87(107(7,8)9)62-88(54-80)108(10,11)12)48-83(47-75)97-59-71-35-27-31-39-95(71)103-99(97)67-113(65-73-43-41-69-33-25-29-37-93(69)101(73)102-74(66-113)44-42-70-34-26-30-38-94(70)102)68-100-98(60-72-36-28-32-40-96(72)104(100)103)84-49-77(81-55-89(109(13,14)15)63-90(56-81)110(16,17)18)46-78(50-84)82-57-91(111(19,20)21)64-92(58-82)112(22,23)24/h25-64H,65-68H2,1-24H3/q+1. The van der Waals surface area contributed by atoms with Gasteiger partial charge in [0, 0.05) is 33.4 Å². The van der Waals surface area contributed by atoms with E-state index >= 15 is 0 Å². The maximum atomic E-state index is 2.62. The average Bonchev–Trinajstić information content (AvgIpc) is 1.59. The molecule has 1 nitrogen and oxygen atoms in total. The molecular formula is C112H120N+. The van der Waals surface area contributed by atoms with Gasteiger partial charge in [0.15, 0.2) is 0 Å². The van der Waals surface area contributed by atoms with Crippen LogP contribution in [-0.2, 0) is 69.5 Å². The van der Waals surface area contributed by atoms with Crippen LogP contribution in [0.2, 0.25) is 0 Å². The molecule has 1 heteroatoms. The molecule has 0 saturated heterocycles. The summed E-state index contributed by atoms with van der Waals surface area (Å²) in [6.07, 6.45) is 0. The summed E-state index contributed by atoms with van der Waals surface area (Å²) in [7, 11) is 0. The van der Waals surface area contributed by atoms with Crippen molar-refractivity contribution in [3.05, 3.63) is 309 Å². The van der Waals surface area contributed by atoms with E-state index in [0.29, 0.717) is 0 Å². The van der Waals surface area contributed by atoms with Crippen LogP contribution >= 0.6 is 0 Å². The molecule has 0 atom stereocenters. The van der Waals surface area contributed by atoms with Gasteiger partial charge in [-0.2, -0.15) is 0 Å². The molecule has 2 aliphatic heterocycles. The first-order valence-electron chi connectivity index (χ1n) is 41.9. The van der Waals surface area contributed by atoms with Crippen molar-refractivity contribution in [2.75, 3.05) is 0 Å². The summed E-state index contributed by atoms with van der Waals surface area (Å²) in [5.41, 5.74) is 36.1. The molecular weight excluding hydrogens is 1360 g/mol. The third kappa shape index (κ3) is 14.7. The van der Waals surface area contributed by atoms with Gasteiger partial charge in [-0.15, -0.1) is 0 Å². The first-order valence-corrected chi connectivity index (χ1v) is 41.9. The van der Waals surface area contributed by atoms with Crippen molar-refractivity contribution >= 4 is 43.1 Å². The van der Waals surface area contributed by atoms with Gasteiger partial charge < -0.3 is 4.48 Å². The molecule has 0 fully saturated rings. The second kappa shape index (κ2) is 27.1. The zero-order chi connectivity index (χ0) is 80.4. The Kier molecular flexibility index (Phi) is 18.5. The lowest BCUT2D eigenvalue weighted by molar-refractivity contribution is -0.977. The normalized spacial score (nSPS) is 14.3. The van der Waals surface area contributed by atoms with Gasteiger partial charge in [0.25, 0.3) is 0 Å². The summed E-state index contributed by atoms with van der Waals surface area (Å²) in [5.74, 6) is 0. The molecule has 14 aromatic carbocycles. The Hall–Kier alpha value is -9.92. The van der Waals surface area contributed by atoms with Crippen LogP contribution in [0.4, 0.5) is 0 Å². The van der Waals surface area contributed by atoms with Crippen molar-refractivity contribution in [1.29, 1.82) is 0 Å². The quantitative estimate of drug-likeness (QED) is 0.146. The van der Waals surface area contributed by atoms with Gasteiger partial charge >= 0.3 is 0 Å². The van der Waals surface area contributed by atoms with Crippen LogP contribution in [0.3, 0.4) is 0 Å². The molecule has 0 radical (unpaired) electrons. The summed E-state index contributed by atoms with van der Waals surface area (Å²) in [5, 5.41) is 10.2. The van der Waals surface area contributed by atoms with Crippen molar-refractivity contribution < 1.29 is 4.48 Å². The van der Waals surface area contributed by atoms with Gasteiger partial charge in [0.05, 0.1) is 0 Å². The number of benzene rings is 14. The molecule has 0 aliphatic carbocycles. The minimum Gasteiger partial charge on any atom is -0.309 e. The average molecular weight is 1480 g/mol. The van der Waals surface area contributed by atoms with E-state index in [4.69, 9.17) is 0 Å². The van der Waals surface area contributed by atoms with E-state index in [2.05, 4.69) is 409 Å². The van der Waals surface area contributed by atoms with Crippen LogP contribution in [0, 0.1) is 0 Å². The van der Waals surface area contributed by atoms with Gasteiger partial charge in [-0.25, -0.2) is 0 Å². The number of hydrogen-bond acceptors (Lipinski definition) is 0. The fourth-order valence-electron chi connectivity index (χ4n) is 18.3. The van der Waals surface area contributed by atoms with Gasteiger partial charge in [-0.3, -0.25) is 0 Å². The summed E-state index contributed by atoms with van der Waals surface area (Å²) in [6.45, 7) is 60.3. The van der Waals surface area contributed by atoms with Crippen LogP contribution in [0.5, 0.6) is 0 Å². The van der Waals surface area contributed by atoms with Crippen LogP contribution in [-0.4, -0.2) is 4.48 Å². The summed E-state index contributed by atoms with van der Waals surface area (Å²) >= 11 is 0. The lowest BCUT2D eigenvalue weighted by Crippen LogP contribution is -2.44. The molecule has 0 unspecified atom stereocenters. The lowest BCUT2D eigenvalue weighted by Gasteiger charge is -2.39. The first-order chi connectivity index (χ1) is 52.9. The maximum Gasteiger partial charge on any atom is 0.106 e.